The minimum Gasteiger partial charge on any atom is -0.494 e. The number of anilines is 1. The molecule has 1 aliphatic rings. The summed E-state index contributed by atoms with van der Waals surface area (Å²) in [7, 11) is 1.84. The van der Waals surface area contributed by atoms with Crippen molar-refractivity contribution in [2.75, 3.05) is 18.5 Å². The largest absolute Gasteiger partial charge is 0.494 e. The smallest absolute Gasteiger partial charge is 0.326 e. The van der Waals surface area contributed by atoms with Gasteiger partial charge in [-0.3, -0.25) is 4.79 Å². The molecule has 0 bridgehead atoms. The molecule has 9 nitrogen and oxygen atoms in total. The van der Waals surface area contributed by atoms with Crippen molar-refractivity contribution in [1.82, 2.24) is 19.9 Å². The van der Waals surface area contributed by atoms with Gasteiger partial charge < -0.3 is 25.0 Å². The standard InChI is InChI=1S/C29H31N5O4/c1-34-18-31-24-13-9-21(17-26(24)34)28(35)33-25(29(36)37)16-19-6-11-23(12-7-19)38-15-3-5-22-10-8-20-4-2-14-30-27(20)32-22/h6-13,17-18,25H,2-5,14-16H2,1H3,(H,30,32)(H,33,35)(H,36,37). The number of carbonyl (C=O) groups is 2. The normalized spacial score (nSPS) is 13.4. The van der Waals surface area contributed by atoms with Crippen LogP contribution >= 0.6 is 0 Å². The van der Waals surface area contributed by atoms with Crippen LogP contribution in [0.2, 0.25) is 0 Å². The van der Waals surface area contributed by atoms with E-state index in [0.717, 1.165) is 60.3 Å². The van der Waals surface area contributed by atoms with Crippen molar-refractivity contribution in [1.29, 1.82) is 0 Å². The number of nitrogens with one attached hydrogen (secondary N) is 2. The van der Waals surface area contributed by atoms with E-state index in [1.807, 2.05) is 35.9 Å². The van der Waals surface area contributed by atoms with Gasteiger partial charge in [0.25, 0.3) is 5.91 Å². The van der Waals surface area contributed by atoms with Crippen molar-refractivity contribution < 1.29 is 19.4 Å². The van der Waals surface area contributed by atoms with Crippen LogP contribution in [0.25, 0.3) is 11.0 Å². The zero-order valence-corrected chi connectivity index (χ0v) is 21.3. The second-order valence-corrected chi connectivity index (χ2v) is 9.56. The van der Waals surface area contributed by atoms with Crippen LogP contribution in [0, 0.1) is 0 Å². The van der Waals surface area contributed by atoms with Crippen molar-refractivity contribution in [2.24, 2.45) is 7.05 Å². The van der Waals surface area contributed by atoms with E-state index < -0.39 is 17.9 Å². The SMILES string of the molecule is Cn1cnc2ccc(C(=O)NC(Cc3ccc(OCCCc4ccc5c(n4)NCCC5)cc3)C(=O)O)cc21. The fourth-order valence-electron chi connectivity index (χ4n) is 4.62. The highest BCUT2D eigenvalue weighted by atomic mass is 16.5. The molecule has 0 spiro atoms. The first-order valence-corrected chi connectivity index (χ1v) is 12.9. The Balaban J connectivity index is 1.12. The molecule has 0 radical (unpaired) electrons. The van der Waals surface area contributed by atoms with Gasteiger partial charge in [-0.2, -0.15) is 0 Å². The predicted octanol–water partition coefficient (Wildman–Crippen LogP) is 3.76. The summed E-state index contributed by atoms with van der Waals surface area (Å²) in [4.78, 5) is 33.6. The number of aliphatic carboxylic acids is 1. The second-order valence-electron chi connectivity index (χ2n) is 9.56. The molecule has 1 unspecified atom stereocenters. The van der Waals surface area contributed by atoms with Crippen LogP contribution in [0.5, 0.6) is 5.75 Å². The summed E-state index contributed by atoms with van der Waals surface area (Å²) in [5.74, 6) is 0.195. The van der Waals surface area contributed by atoms with E-state index in [2.05, 4.69) is 27.8 Å². The summed E-state index contributed by atoms with van der Waals surface area (Å²) in [6.45, 7) is 1.53. The average molecular weight is 514 g/mol. The molecule has 1 atom stereocenters. The molecule has 0 aliphatic carbocycles. The maximum absolute atomic E-state index is 12.8. The first-order valence-electron chi connectivity index (χ1n) is 12.9. The Kier molecular flexibility index (Phi) is 7.53. The fraction of sp³-hybridized carbons (Fsp3) is 0.310. The van der Waals surface area contributed by atoms with Crippen molar-refractivity contribution >= 4 is 28.7 Å². The molecule has 1 amide bonds. The van der Waals surface area contributed by atoms with Crippen molar-refractivity contribution in [3.63, 3.8) is 0 Å². The van der Waals surface area contributed by atoms with E-state index in [1.54, 1.807) is 24.5 Å². The topological polar surface area (TPSA) is 118 Å². The third-order valence-electron chi connectivity index (χ3n) is 6.75. The molecule has 38 heavy (non-hydrogen) atoms. The molecule has 0 fully saturated rings. The Bertz CT molecular complexity index is 1450. The van der Waals surface area contributed by atoms with E-state index in [-0.39, 0.29) is 6.42 Å². The van der Waals surface area contributed by atoms with Crippen LogP contribution in [0.15, 0.2) is 60.9 Å². The van der Waals surface area contributed by atoms with Gasteiger partial charge in [-0.15, -0.1) is 0 Å². The Hall–Kier alpha value is -4.40. The number of rotatable bonds is 10. The van der Waals surface area contributed by atoms with Gasteiger partial charge in [0.05, 0.1) is 24.0 Å². The Morgan fingerprint density at radius 2 is 2.00 bits per heavy atom. The number of pyridine rings is 1. The van der Waals surface area contributed by atoms with E-state index in [1.165, 1.54) is 5.56 Å². The van der Waals surface area contributed by atoms with Gasteiger partial charge >= 0.3 is 5.97 Å². The highest BCUT2D eigenvalue weighted by Gasteiger charge is 2.22. The van der Waals surface area contributed by atoms with Gasteiger partial charge in [0.15, 0.2) is 0 Å². The summed E-state index contributed by atoms with van der Waals surface area (Å²) < 4.78 is 7.68. The number of ether oxygens (including phenoxy) is 1. The Morgan fingerprint density at radius 3 is 2.82 bits per heavy atom. The number of fused-ring (bicyclic) bond motifs is 2. The number of benzene rings is 2. The summed E-state index contributed by atoms with van der Waals surface area (Å²) in [5, 5.41) is 15.7. The summed E-state index contributed by atoms with van der Waals surface area (Å²) in [6.07, 6.45) is 5.73. The molecule has 3 N–H and O–H groups in total. The van der Waals surface area contributed by atoms with Crippen LogP contribution < -0.4 is 15.4 Å². The van der Waals surface area contributed by atoms with Crippen molar-refractivity contribution in [2.45, 2.75) is 38.1 Å². The first kappa shape index (κ1) is 25.3. The minimum atomic E-state index is -1.09. The molecule has 5 rings (SSSR count). The third-order valence-corrected chi connectivity index (χ3v) is 6.75. The lowest BCUT2D eigenvalue weighted by Gasteiger charge is -2.17. The average Bonchev–Trinajstić information content (AvgIpc) is 3.31. The molecule has 1 aliphatic heterocycles. The number of amides is 1. The van der Waals surface area contributed by atoms with Gasteiger partial charge in [0, 0.05) is 31.3 Å². The van der Waals surface area contributed by atoms with E-state index >= 15 is 0 Å². The number of aryl methyl sites for hydroxylation is 3. The third kappa shape index (κ3) is 5.94. The lowest BCUT2D eigenvalue weighted by molar-refractivity contribution is -0.139. The van der Waals surface area contributed by atoms with Crippen LogP contribution in [-0.2, 0) is 31.1 Å². The lowest BCUT2D eigenvalue weighted by atomic mass is 10.0. The second kappa shape index (κ2) is 11.3. The van der Waals surface area contributed by atoms with Crippen molar-refractivity contribution in [3.8, 4) is 5.75 Å². The predicted molar refractivity (Wildman–Crippen MR) is 145 cm³/mol. The van der Waals surface area contributed by atoms with Gasteiger partial charge in [0.1, 0.15) is 17.6 Å². The van der Waals surface area contributed by atoms with Crippen LogP contribution in [0.4, 0.5) is 5.82 Å². The van der Waals surface area contributed by atoms with E-state index in [0.29, 0.717) is 17.9 Å². The number of nitrogens with zero attached hydrogens (tertiary/aromatic N) is 3. The number of aromatic nitrogens is 3. The lowest BCUT2D eigenvalue weighted by Crippen LogP contribution is -2.42. The number of hydrogen-bond donors (Lipinski definition) is 3. The van der Waals surface area contributed by atoms with Gasteiger partial charge in [-0.05, 0) is 73.2 Å². The molecule has 0 saturated carbocycles. The highest BCUT2D eigenvalue weighted by molar-refractivity contribution is 5.99. The summed E-state index contributed by atoms with van der Waals surface area (Å²) in [6, 6.07) is 15.6. The van der Waals surface area contributed by atoms with Gasteiger partial charge in [0.2, 0.25) is 0 Å². The molecule has 2 aromatic heterocycles. The monoisotopic (exact) mass is 513 g/mol. The quantitative estimate of drug-likeness (QED) is 0.276. The Morgan fingerprint density at radius 1 is 1.16 bits per heavy atom. The van der Waals surface area contributed by atoms with Gasteiger partial charge in [-0.25, -0.2) is 14.8 Å². The molecule has 3 heterocycles. The molecule has 0 saturated heterocycles. The minimum absolute atomic E-state index is 0.160. The summed E-state index contributed by atoms with van der Waals surface area (Å²) >= 11 is 0. The number of imidazole rings is 1. The van der Waals surface area contributed by atoms with Gasteiger partial charge in [-0.1, -0.05) is 18.2 Å². The maximum atomic E-state index is 12.8. The van der Waals surface area contributed by atoms with Crippen LogP contribution in [0.3, 0.4) is 0 Å². The summed E-state index contributed by atoms with van der Waals surface area (Å²) in [5.41, 5.74) is 5.09. The molecular formula is C29H31N5O4. The number of carboxylic acids is 1. The number of carboxylic acid groups (broad SMARTS) is 1. The van der Waals surface area contributed by atoms with Crippen molar-refractivity contribution in [3.05, 3.63) is 83.3 Å². The number of carbonyl (C=O) groups excluding carboxylic acids is 1. The molecule has 4 aromatic rings. The Labute approximate surface area is 220 Å². The molecule has 2 aromatic carbocycles. The highest BCUT2D eigenvalue weighted by Crippen LogP contribution is 2.21. The maximum Gasteiger partial charge on any atom is 0.326 e. The van der Waals surface area contributed by atoms with Crippen LogP contribution in [-0.4, -0.2) is 50.7 Å². The molecule has 9 heteroatoms. The van der Waals surface area contributed by atoms with E-state index in [9.17, 15) is 14.7 Å². The zero-order chi connectivity index (χ0) is 26.5. The first-order chi connectivity index (χ1) is 18.5. The molecule has 196 valence electrons. The van der Waals surface area contributed by atoms with Crippen LogP contribution in [0.1, 0.15) is 40.0 Å². The molecular weight excluding hydrogens is 482 g/mol. The van der Waals surface area contributed by atoms with E-state index in [4.69, 9.17) is 9.72 Å². The fourth-order valence-corrected chi connectivity index (χ4v) is 4.62. The zero-order valence-electron chi connectivity index (χ0n) is 21.3. The number of hydrogen-bond acceptors (Lipinski definition) is 6.